The molecule has 0 unspecified atom stereocenters. The number of nitrogens with zero attached hydrogens (tertiary/aromatic N) is 2. The van der Waals surface area contributed by atoms with Gasteiger partial charge in [0.15, 0.2) is 0 Å². The third-order valence-corrected chi connectivity index (χ3v) is 4.80. The first-order valence-corrected chi connectivity index (χ1v) is 7.58. The van der Waals surface area contributed by atoms with E-state index in [4.69, 9.17) is 4.98 Å². The normalized spacial score (nSPS) is 18.6. The number of nitrogens with one attached hydrogen (secondary N) is 1. The summed E-state index contributed by atoms with van der Waals surface area (Å²) in [4.78, 5) is 7.20. The van der Waals surface area contributed by atoms with E-state index in [0.717, 1.165) is 31.1 Å². The number of hydrogen-bond acceptors (Lipinski definition) is 3. The summed E-state index contributed by atoms with van der Waals surface area (Å²) < 4.78 is 0. The highest BCUT2D eigenvalue weighted by atomic mass is 15.2. The lowest BCUT2D eigenvalue weighted by atomic mass is 9.74. The van der Waals surface area contributed by atoms with E-state index in [9.17, 15) is 0 Å². The maximum absolute atomic E-state index is 4.75. The predicted molar refractivity (Wildman–Crippen MR) is 81.5 cm³/mol. The van der Waals surface area contributed by atoms with Crippen LogP contribution in [0.4, 0.5) is 5.82 Å². The molecule has 106 valence electrons. The maximum Gasteiger partial charge on any atom is 0.128 e. The Balaban J connectivity index is 2.03. The van der Waals surface area contributed by atoms with Crippen LogP contribution in [0.15, 0.2) is 18.2 Å². The zero-order chi connectivity index (χ0) is 13.7. The van der Waals surface area contributed by atoms with Gasteiger partial charge in [-0.05, 0) is 37.4 Å². The fourth-order valence-electron chi connectivity index (χ4n) is 3.09. The highest BCUT2D eigenvalue weighted by Crippen LogP contribution is 2.38. The molecule has 1 N–H and O–H groups in total. The molecule has 0 bridgehead atoms. The maximum atomic E-state index is 4.75. The molecular weight excluding hydrogens is 234 g/mol. The van der Waals surface area contributed by atoms with Crippen LogP contribution in [-0.4, -0.2) is 25.1 Å². The molecule has 0 aliphatic carbocycles. The Morgan fingerprint density at radius 1 is 1.21 bits per heavy atom. The Labute approximate surface area is 117 Å². The first-order valence-electron chi connectivity index (χ1n) is 7.58. The number of piperidine rings is 1. The number of pyridine rings is 1. The third kappa shape index (κ3) is 3.27. The summed E-state index contributed by atoms with van der Waals surface area (Å²) in [5, 5.41) is 3.16. The van der Waals surface area contributed by atoms with Gasteiger partial charge in [0.2, 0.25) is 0 Å². The molecule has 1 aliphatic heterocycles. The number of hydrogen-bond donors (Lipinski definition) is 1. The molecule has 3 heteroatoms. The Hall–Kier alpha value is -1.09. The van der Waals surface area contributed by atoms with Crippen LogP contribution in [0.3, 0.4) is 0 Å². The standard InChI is InChI=1S/C16H27N3/c1-4-16(5-2)9-11-19(12-10-16)15-8-6-7-14(18-15)13-17-3/h6-8,17H,4-5,9-13H2,1-3H3. The molecule has 1 aliphatic rings. The summed E-state index contributed by atoms with van der Waals surface area (Å²) in [6.45, 7) is 7.82. The van der Waals surface area contributed by atoms with Crippen LogP contribution in [0.1, 0.15) is 45.2 Å². The van der Waals surface area contributed by atoms with Crippen LogP contribution in [0.25, 0.3) is 0 Å². The summed E-state index contributed by atoms with van der Waals surface area (Å²) in [6.07, 6.45) is 5.23. The van der Waals surface area contributed by atoms with Crippen molar-refractivity contribution < 1.29 is 0 Å². The van der Waals surface area contributed by atoms with Gasteiger partial charge in [-0.25, -0.2) is 4.98 Å². The van der Waals surface area contributed by atoms with Gasteiger partial charge in [0, 0.05) is 19.6 Å². The molecule has 0 spiro atoms. The van der Waals surface area contributed by atoms with Gasteiger partial charge in [-0.2, -0.15) is 0 Å². The van der Waals surface area contributed by atoms with E-state index in [0.29, 0.717) is 5.41 Å². The molecule has 1 saturated heterocycles. The summed E-state index contributed by atoms with van der Waals surface area (Å²) >= 11 is 0. The average Bonchev–Trinajstić information content (AvgIpc) is 2.48. The van der Waals surface area contributed by atoms with Crippen LogP contribution in [0.2, 0.25) is 0 Å². The predicted octanol–water partition coefficient (Wildman–Crippen LogP) is 3.21. The van der Waals surface area contributed by atoms with Gasteiger partial charge in [0.05, 0.1) is 5.69 Å². The van der Waals surface area contributed by atoms with Crippen molar-refractivity contribution in [3.05, 3.63) is 23.9 Å². The van der Waals surface area contributed by atoms with Crippen LogP contribution in [0, 0.1) is 5.41 Å². The molecule has 1 aromatic rings. The summed E-state index contributed by atoms with van der Waals surface area (Å²) in [5.41, 5.74) is 1.71. The minimum absolute atomic E-state index is 0.582. The van der Waals surface area contributed by atoms with Crippen molar-refractivity contribution in [1.82, 2.24) is 10.3 Å². The monoisotopic (exact) mass is 261 g/mol. The van der Waals surface area contributed by atoms with Crippen molar-refractivity contribution in [1.29, 1.82) is 0 Å². The molecular formula is C16H27N3. The van der Waals surface area contributed by atoms with E-state index in [-0.39, 0.29) is 0 Å². The van der Waals surface area contributed by atoms with Gasteiger partial charge >= 0.3 is 0 Å². The van der Waals surface area contributed by atoms with Crippen LogP contribution in [-0.2, 0) is 6.54 Å². The van der Waals surface area contributed by atoms with Gasteiger partial charge in [-0.3, -0.25) is 0 Å². The van der Waals surface area contributed by atoms with E-state index in [1.807, 2.05) is 7.05 Å². The second kappa shape index (κ2) is 6.38. The fraction of sp³-hybridized carbons (Fsp3) is 0.688. The molecule has 3 nitrogen and oxygen atoms in total. The van der Waals surface area contributed by atoms with E-state index in [1.165, 1.54) is 25.7 Å². The number of rotatable bonds is 5. The Kier molecular flexibility index (Phi) is 4.81. The third-order valence-electron chi connectivity index (χ3n) is 4.80. The largest absolute Gasteiger partial charge is 0.357 e. The number of aromatic nitrogens is 1. The van der Waals surface area contributed by atoms with E-state index >= 15 is 0 Å². The molecule has 2 rings (SSSR count). The fourth-order valence-corrected chi connectivity index (χ4v) is 3.09. The van der Waals surface area contributed by atoms with Gasteiger partial charge < -0.3 is 10.2 Å². The van der Waals surface area contributed by atoms with Crippen molar-refractivity contribution in [2.45, 2.75) is 46.1 Å². The molecule has 0 atom stereocenters. The first kappa shape index (κ1) is 14.3. The van der Waals surface area contributed by atoms with Gasteiger partial charge in [0.25, 0.3) is 0 Å². The molecule has 0 aromatic carbocycles. The Morgan fingerprint density at radius 2 is 1.89 bits per heavy atom. The molecule has 19 heavy (non-hydrogen) atoms. The lowest BCUT2D eigenvalue weighted by molar-refractivity contribution is 0.199. The highest BCUT2D eigenvalue weighted by molar-refractivity contribution is 5.40. The summed E-state index contributed by atoms with van der Waals surface area (Å²) in [5.74, 6) is 1.15. The summed E-state index contributed by atoms with van der Waals surface area (Å²) in [7, 11) is 1.96. The van der Waals surface area contributed by atoms with Crippen molar-refractivity contribution in [2.24, 2.45) is 5.41 Å². The SMILES string of the molecule is CCC1(CC)CCN(c2cccc(CNC)n2)CC1. The second-order valence-corrected chi connectivity index (χ2v) is 5.71. The summed E-state index contributed by atoms with van der Waals surface area (Å²) in [6, 6.07) is 6.35. The van der Waals surface area contributed by atoms with E-state index in [2.05, 4.69) is 42.3 Å². The van der Waals surface area contributed by atoms with Gasteiger partial charge in [0.1, 0.15) is 5.82 Å². The molecule has 1 aromatic heterocycles. The van der Waals surface area contributed by atoms with Gasteiger partial charge in [-0.1, -0.05) is 32.8 Å². The van der Waals surface area contributed by atoms with Crippen LogP contribution >= 0.6 is 0 Å². The van der Waals surface area contributed by atoms with Crippen LogP contribution in [0.5, 0.6) is 0 Å². The van der Waals surface area contributed by atoms with Crippen molar-refractivity contribution >= 4 is 5.82 Å². The Bertz CT molecular complexity index is 389. The lowest BCUT2D eigenvalue weighted by Gasteiger charge is -2.41. The minimum Gasteiger partial charge on any atom is -0.357 e. The minimum atomic E-state index is 0.582. The average molecular weight is 261 g/mol. The molecule has 2 heterocycles. The lowest BCUT2D eigenvalue weighted by Crippen LogP contribution is -2.40. The van der Waals surface area contributed by atoms with Crippen molar-refractivity contribution in [3.8, 4) is 0 Å². The zero-order valence-electron chi connectivity index (χ0n) is 12.6. The van der Waals surface area contributed by atoms with E-state index in [1.54, 1.807) is 0 Å². The quantitative estimate of drug-likeness (QED) is 0.882. The smallest absolute Gasteiger partial charge is 0.128 e. The van der Waals surface area contributed by atoms with Gasteiger partial charge in [-0.15, -0.1) is 0 Å². The van der Waals surface area contributed by atoms with E-state index < -0.39 is 0 Å². The molecule has 0 amide bonds. The zero-order valence-corrected chi connectivity index (χ0v) is 12.6. The number of anilines is 1. The topological polar surface area (TPSA) is 28.2 Å². The first-order chi connectivity index (χ1) is 9.23. The highest BCUT2D eigenvalue weighted by Gasteiger charge is 2.31. The molecule has 1 fully saturated rings. The van der Waals surface area contributed by atoms with Crippen LogP contribution < -0.4 is 10.2 Å². The molecule has 0 saturated carbocycles. The Morgan fingerprint density at radius 3 is 2.47 bits per heavy atom. The molecule has 0 radical (unpaired) electrons. The van der Waals surface area contributed by atoms with Crippen molar-refractivity contribution in [3.63, 3.8) is 0 Å². The second-order valence-electron chi connectivity index (χ2n) is 5.71. The van der Waals surface area contributed by atoms with Crippen molar-refractivity contribution in [2.75, 3.05) is 25.0 Å².